The van der Waals surface area contributed by atoms with E-state index in [1.54, 1.807) is 36.4 Å². The van der Waals surface area contributed by atoms with E-state index in [-0.39, 0.29) is 11.3 Å². The van der Waals surface area contributed by atoms with E-state index >= 15 is 0 Å². The zero-order chi connectivity index (χ0) is 24.7. The van der Waals surface area contributed by atoms with Gasteiger partial charge in [-0.3, -0.25) is 14.5 Å². The van der Waals surface area contributed by atoms with Gasteiger partial charge in [0.15, 0.2) is 11.5 Å². The van der Waals surface area contributed by atoms with Gasteiger partial charge in [0.1, 0.15) is 24.7 Å². The minimum Gasteiger partial charge on any atom is -0.507 e. The van der Waals surface area contributed by atoms with Crippen LogP contribution in [0.25, 0.3) is 5.76 Å². The monoisotopic (exact) mass is 471 g/mol. The molecule has 0 saturated carbocycles. The molecule has 0 bridgehead atoms. The quantitative estimate of drug-likeness (QED) is 0.337. The number of methoxy groups -OCH3 is 1. The lowest BCUT2D eigenvalue weighted by Crippen LogP contribution is -2.29. The summed E-state index contributed by atoms with van der Waals surface area (Å²) in [6, 6.07) is 16.8. The molecule has 0 radical (unpaired) electrons. The van der Waals surface area contributed by atoms with Crippen molar-refractivity contribution in [1.82, 2.24) is 0 Å². The summed E-state index contributed by atoms with van der Waals surface area (Å²) < 4.78 is 16.8. The van der Waals surface area contributed by atoms with Crippen LogP contribution >= 0.6 is 0 Å². The van der Waals surface area contributed by atoms with Crippen molar-refractivity contribution in [2.75, 3.05) is 25.2 Å². The lowest BCUT2D eigenvalue weighted by Gasteiger charge is -2.27. The number of Topliss-reactive ketones (excluding diaryl/α,β-unsaturated/α-hetero) is 1. The second-order valence-electron chi connectivity index (χ2n) is 8.54. The first-order valence-electron chi connectivity index (χ1n) is 11.3. The van der Waals surface area contributed by atoms with Crippen molar-refractivity contribution in [1.29, 1.82) is 0 Å². The molecule has 178 valence electrons. The fourth-order valence-electron chi connectivity index (χ4n) is 4.51. The standard InChI is InChI=1S/C28H25NO6/c1-16-8-10-19(14-17(16)2)29-25(20-6-4-5-7-21(20)33-3)24(27(31)28(29)32)26(30)18-9-11-22-23(15-18)35-13-12-34-22/h4-11,14-15,25,30H,12-13H2,1-3H3/b26-24+. The third-order valence-corrected chi connectivity index (χ3v) is 6.46. The third-order valence-electron chi connectivity index (χ3n) is 6.46. The van der Waals surface area contributed by atoms with Crippen molar-refractivity contribution >= 4 is 23.1 Å². The maximum atomic E-state index is 13.4. The molecule has 3 aromatic rings. The van der Waals surface area contributed by atoms with E-state index < -0.39 is 17.7 Å². The van der Waals surface area contributed by atoms with E-state index in [2.05, 4.69) is 0 Å². The van der Waals surface area contributed by atoms with Gasteiger partial charge in [-0.25, -0.2) is 0 Å². The smallest absolute Gasteiger partial charge is 0.300 e. The lowest BCUT2D eigenvalue weighted by molar-refractivity contribution is -0.132. The fourth-order valence-corrected chi connectivity index (χ4v) is 4.51. The normalized spacial score (nSPS) is 18.6. The molecule has 0 aliphatic carbocycles. The summed E-state index contributed by atoms with van der Waals surface area (Å²) in [5.74, 6) is -0.249. The van der Waals surface area contributed by atoms with Crippen LogP contribution in [0.5, 0.6) is 17.2 Å². The molecule has 1 amide bonds. The Kier molecular flexibility index (Phi) is 5.68. The van der Waals surface area contributed by atoms with Gasteiger partial charge in [0.2, 0.25) is 0 Å². The molecule has 1 atom stereocenters. The van der Waals surface area contributed by atoms with Crippen LogP contribution in [0.1, 0.15) is 28.3 Å². The number of carbonyl (C=O) groups is 2. The van der Waals surface area contributed by atoms with Gasteiger partial charge in [-0.1, -0.05) is 24.3 Å². The molecule has 1 unspecified atom stereocenters. The molecule has 7 nitrogen and oxygen atoms in total. The number of aliphatic hydroxyl groups is 1. The van der Waals surface area contributed by atoms with Crippen LogP contribution in [0.15, 0.2) is 66.2 Å². The SMILES string of the molecule is COc1ccccc1C1/C(=C(\O)c2ccc3c(c2)OCCO3)C(=O)C(=O)N1c1ccc(C)c(C)c1. The Hall–Kier alpha value is -4.26. The number of rotatable bonds is 4. The van der Waals surface area contributed by atoms with Crippen LogP contribution in [-0.2, 0) is 9.59 Å². The Balaban J connectivity index is 1.73. The first-order valence-corrected chi connectivity index (χ1v) is 11.3. The number of carbonyl (C=O) groups excluding carboxylic acids is 2. The van der Waals surface area contributed by atoms with E-state index in [9.17, 15) is 14.7 Å². The molecular weight excluding hydrogens is 446 g/mol. The number of hydrogen-bond acceptors (Lipinski definition) is 6. The highest BCUT2D eigenvalue weighted by molar-refractivity contribution is 6.51. The maximum absolute atomic E-state index is 13.4. The molecule has 0 spiro atoms. The van der Waals surface area contributed by atoms with Crippen molar-refractivity contribution in [2.24, 2.45) is 0 Å². The molecule has 7 heteroatoms. The highest BCUT2D eigenvalue weighted by Gasteiger charge is 2.48. The first-order chi connectivity index (χ1) is 16.9. The Morgan fingerprint density at radius 3 is 2.43 bits per heavy atom. The van der Waals surface area contributed by atoms with E-state index in [1.807, 2.05) is 38.1 Å². The Bertz CT molecular complexity index is 1380. The van der Waals surface area contributed by atoms with Crippen LogP contribution in [0.2, 0.25) is 0 Å². The number of nitrogens with zero attached hydrogens (tertiary/aromatic N) is 1. The number of fused-ring (bicyclic) bond motifs is 1. The zero-order valence-corrected chi connectivity index (χ0v) is 19.7. The molecule has 1 saturated heterocycles. The minimum absolute atomic E-state index is 0.0191. The second-order valence-corrected chi connectivity index (χ2v) is 8.54. The maximum Gasteiger partial charge on any atom is 0.300 e. The molecule has 35 heavy (non-hydrogen) atoms. The average molecular weight is 472 g/mol. The molecule has 5 rings (SSSR count). The zero-order valence-electron chi connectivity index (χ0n) is 19.7. The van der Waals surface area contributed by atoms with Gasteiger partial charge >= 0.3 is 0 Å². The van der Waals surface area contributed by atoms with Crippen molar-refractivity contribution in [2.45, 2.75) is 19.9 Å². The summed E-state index contributed by atoms with van der Waals surface area (Å²) in [4.78, 5) is 28.3. The Morgan fingerprint density at radius 1 is 0.943 bits per heavy atom. The molecule has 1 N–H and O–H groups in total. The van der Waals surface area contributed by atoms with Crippen molar-refractivity contribution in [3.63, 3.8) is 0 Å². The van der Waals surface area contributed by atoms with Gasteiger partial charge in [0.25, 0.3) is 11.7 Å². The Labute approximate surface area is 203 Å². The average Bonchev–Trinajstić information content (AvgIpc) is 3.15. The van der Waals surface area contributed by atoms with E-state index in [1.165, 1.54) is 12.0 Å². The topological polar surface area (TPSA) is 85.3 Å². The highest BCUT2D eigenvalue weighted by atomic mass is 16.6. The molecule has 2 aliphatic heterocycles. The molecular formula is C28H25NO6. The lowest BCUT2D eigenvalue weighted by atomic mass is 9.94. The van der Waals surface area contributed by atoms with Gasteiger partial charge in [-0.05, 0) is 61.4 Å². The number of ketones is 1. The van der Waals surface area contributed by atoms with Crippen molar-refractivity contribution < 1.29 is 28.9 Å². The molecule has 2 aliphatic rings. The number of anilines is 1. The highest BCUT2D eigenvalue weighted by Crippen LogP contribution is 2.45. The van der Waals surface area contributed by atoms with E-state index in [0.29, 0.717) is 47.3 Å². The minimum atomic E-state index is -0.888. The predicted octanol–water partition coefficient (Wildman–Crippen LogP) is 4.71. The molecule has 2 heterocycles. The van der Waals surface area contributed by atoms with Crippen LogP contribution in [0.4, 0.5) is 5.69 Å². The van der Waals surface area contributed by atoms with Gasteiger partial charge in [0, 0.05) is 16.8 Å². The second kappa shape index (κ2) is 8.83. The molecule has 0 aromatic heterocycles. The van der Waals surface area contributed by atoms with Crippen LogP contribution in [0.3, 0.4) is 0 Å². The van der Waals surface area contributed by atoms with Crippen LogP contribution < -0.4 is 19.1 Å². The number of benzene rings is 3. The summed E-state index contributed by atoms with van der Waals surface area (Å²) in [5.41, 5.74) is 3.53. The van der Waals surface area contributed by atoms with Gasteiger partial charge in [-0.15, -0.1) is 0 Å². The number of aryl methyl sites for hydroxylation is 2. The van der Waals surface area contributed by atoms with Gasteiger partial charge in [0.05, 0.1) is 18.7 Å². The number of aliphatic hydroxyl groups excluding tert-OH is 1. The van der Waals surface area contributed by atoms with Crippen LogP contribution in [-0.4, -0.2) is 37.1 Å². The van der Waals surface area contributed by atoms with Crippen molar-refractivity contribution in [3.05, 3.63) is 88.5 Å². The molecule has 3 aromatic carbocycles. The third kappa shape index (κ3) is 3.79. The van der Waals surface area contributed by atoms with E-state index in [0.717, 1.165) is 11.1 Å². The fraction of sp³-hybridized carbons (Fsp3) is 0.214. The summed E-state index contributed by atoms with van der Waals surface area (Å²) in [7, 11) is 1.53. The first kappa shape index (κ1) is 22.5. The van der Waals surface area contributed by atoms with Gasteiger partial charge < -0.3 is 19.3 Å². The van der Waals surface area contributed by atoms with Crippen molar-refractivity contribution in [3.8, 4) is 17.2 Å². The number of para-hydroxylation sites is 1. The Morgan fingerprint density at radius 2 is 1.69 bits per heavy atom. The van der Waals surface area contributed by atoms with Gasteiger partial charge in [-0.2, -0.15) is 0 Å². The largest absolute Gasteiger partial charge is 0.507 e. The summed E-state index contributed by atoms with van der Waals surface area (Å²) >= 11 is 0. The van der Waals surface area contributed by atoms with E-state index in [4.69, 9.17) is 14.2 Å². The molecule has 1 fully saturated rings. The predicted molar refractivity (Wildman–Crippen MR) is 131 cm³/mol. The van der Waals surface area contributed by atoms with Crippen LogP contribution in [0, 0.1) is 13.8 Å². The summed E-state index contributed by atoms with van der Waals surface area (Å²) in [6.45, 7) is 4.75. The summed E-state index contributed by atoms with van der Waals surface area (Å²) in [5, 5.41) is 11.4. The number of ether oxygens (including phenoxy) is 3. The number of hydrogen-bond donors (Lipinski definition) is 1. The summed E-state index contributed by atoms with van der Waals surface area (Å²) in [6.07, 6.45) is 0. The number of amides is 1.